The first-order valence-corrected chi connectivity index (χ1v) is 3.66. The van der Waals surface area contributed by atoms with Gasteiger partial charge in [0.15, 0.2) is 0 Å². The van der Waals surface area contributed by atoms with E-state index in [0.29, 0.717) is 11.3 Å². The van der Waals surface area contributed by atoms with Crippen LogP contribution in [0, 0.1) is 0 Å². The van der Waals surface area contributed by atoms with Gasteiger partial charge in [0.25, 0.3) is 5.91 Å². The molecule has 0 radical (unpaired) electrons. The van der Waals surface area contributed by atoms with E-state index in [1.807, 2.05) is 6.92 Å². The topological polar surface area (TPSA) is 20.3 Å². The molecule has 2 heteroatoms. The van der Waals surface area contributed by atoms with Crippen LogP contribution in [0.4, 0.5) is 0 Å². The maximum atomic E-state index is 11.3. The molecule has 0 aromatic heterocycles. The van der Waals surface area contributed by atoms with Gasteiger partial charge in [0, 0.05) is 18.3 Å². The van der Waals surface area contributed by atoms with E-state index in [9.17, 15) is 4.79 Å². The summed E-state index contributed by atoms with van der Waals surface area (Å²) in [5.41, 5.74) is 1.91. The summed E-state index contributed by atoms with van der Waals surface area (Å²) < 4.78 is 0. The number of amides is 1. The van der Waals surface area contributed by atoms with Crippen molar-refractivity contribution in [3.8, 4) is 0 Å². The summed E-state index contributed by atoms with van der Waals surface area (Å²) in [6.45, 7) is 14.5. The van der Waals surface area contributed by atoms with Crippen molar-refractivity contribution in [2.24, 2.45) is 0 Å². The minimum absolute atomic E-state index is 0.122. The van der Waals surface area contributed by atoms with Crippen LogP contribution in [0.25, 0.3) is 0 Å². The first kappa shape index (κ1) is 10.7. The summed E-state index contributed by atoms with van der Waals surface area (Å²) in [4.78, 5) is 12.8. The van der Waals surface area contributed by atoms with Gasteiger partial charge in [-0.3, -0.25) is 4.79 Å². The highest BCUT2D eigenvalue weighted by Gasteiger charge is 2.11. The van der Waals surface area contributed by atoms with Crippen molar-refractivity contribution >= 4 is 5.91 Å². The third-order valence-electron chi connectivity index (χ3n) is 1.57. The molecule has 0 fully saturated rings. The van der Waals surface area contributed by atoms with Gasteiger partial charge >= 0.3 is 0 Å². The molecule has 0 bridgehead atoms. The molecule has 0 aromatic rings. The van der Waals surface area contributed by atoms with Gasteiger partial charge < -0.3 is 4.90 Å². The Labute approximate surface area is 73.9 Å². The van der Waals surface area contributed by atoms with E-state index >= 15 is 0 Å². The number of hydrogen-bond donors (Lipinski definition) is 0. The predicted octanol–water partition coefficient (Wildman–Crippen LogP) is 2.11. The molecule has 66 valence electrons. The highest BCUT2D eigenvalue weighted by Crippen LogP contribution is 2.10. The zero-order valence-electron chi connectivity index (χ0n) is 7.98. The Kier molecular flexibility index (Phi) is 3.48. The lowest BCUT2D eigenvalue weighted by Gasteiger charge is -2.19. The molecule has 12 heavy (non-hydrogen) atoms. The predicted molar refractivity (Wildman–Crippen MR) is 51.5 cm³/mol. The molecule has 0 saturated heterocycles. The van der Waals surface area contributed by atoms with Crippen molar-refractivity contribution in [1.82, 2.24) is 4.90 Å². The molecule has 0 saturated carbocycles. The minimum Gasteiger partial charge on any atom is -0.312 e. The molecule has 0 aliphatic carbocycles. The van der Waals surface area contributed by atoms with Crippen molar-refractivity contribution in [2.45, 2.75) is 13.8 Å². The Morgan fingerprint density at radius 3 is 1.75 bits per heavy atom. The lowest BCUT2D eigenvalue weighted by molar-refractivity contribution is -0.124. The molecule has 0 rings (SSSR count). The van der Waals surface area contributed by atoms with Gasteiger partial charge in [-0.05, 0) is 19.4 Å². The highest BCUT2D eigenvalue weighted by molar-refractivity contribution is 5.93. The third kappa shape index (κ3) is 2.38. The van der Waals surface area contributed by atoms with Gasteiger partial charge in [-0.1, -0.05) is 19.7 Å². The summed E-state index contributed by atoms with van der Waals surface area (Å²) in [6, 6.07) is 0. The highest BCUT2D eigenvalue weighted by atomic mass is 16.2. The Morgan fingerprint density at radius 1 is 1.08 bits per heavy atom. The second kappa shape index (κ2) is 3.90. The van der Waals surface area contributed by atoms with Gasteiger partial charge in [-0.2, -0.15) is 0 Å². The van der Waals surface area contributed by atoms with E-state index < -0.39 is 0 Å². The van der Waals surface area contributed by atoms with Crippen LogP contribution in [0.5, 0.6) is 0 Å². The number of rotatable bonds is 3. The molecule has 0 aliphatic rings. The molecule has 2 nitrogen and oxygen atoms in total. The molecule has 0 aliphatic heterocycles. The number of hydrogen-bond acceptors (Lipinski definition) is 1. The summed E-state index contributed by atoms with van der Waals surface area (Å²) in [7, 11) is 1.66. The summed E-state index contributed by atoms with van der Waals surface area (Å²) in [5.74, 6) is -0.122. The fourth-order valence-electron chi connectivity index (χ4n) is 0.695. The van der Waals surface area contributed by atoms with Gasteiger partial charge in [-0.15, -0.1) is 0 Å². The maximum absolute atomic E-state index is 11.3. The van der Waals surface area contributed by atoms with E-state index in [-0.39, 0.29) is 5.91 Å². The number of likely N-dealkylation sites (N-methyl/N-ethyl adjacent to an activating group) is 1. The SMILES string of the molecule is C=C(C)C(=C)N(C)C(=O)C(=C)C. The fourth-order valence-corrected chi connectivity index (χ4v) is 0.695. The average molecular weight is 165 g/mol. The van der Waals surface area contributed by atoms with Crippen LogP contribution in [0.3, 0.4) is 0 Å². The Morgan fingerprint density at radius 2 is 1.50 bits per heavy atom. The van der Waals surface area contributed by atoms with E-state index in [0.717, 1.165) is 5.57 Å². The van der Waals surface area contributed by atoms with Gasteiger partial charge in [0.2, 0.25) is 0 Å². The lowest BCUT2D eigenvalue weighted by atomic mass is 10.2. The smallest absolute Gasteiger partial charge is 0.253 e. The lowest BCUT2D eigenvalue weighted by Crippen LogP contribution is -2.26. The fraction of sp³-hybridized carbons (Fsp3) is 0.300. The molecule has 1 amide bonds. The molecule has 0 spiro atoms. The molecule has 0 atom stereocenters. The number of carbonyl (C=O) groups is 1. The van der Waals surface area contributed by atoms with Crippen LogP contribution in [-0.4, -0.2) is 17.9 Å². The molecular weight excluding hydrogens is 150 g/mol. The zero-order valence-corrected chi connectivity index (χ0v) is 7.98. The first-order valence-electron chi connectivity index (χ1n) is 3.66. The van der Waals surface area contributed by atoms with Crippen LogP contribution in [0.1, 0.15) is 13.8 Å². The normalized spacial score (nSPS) is 8.92. The van der Waals surface area contributed by atoms with Crippen LogP contribution >= 0.6 is 0 Å². The van der Waals surface area contributed by atoms with Crippen molar-refractivity contribution in [1.29, 1.82) is 0 Å². The van der Waals surface area contributed by atoms with Crippen LogP contribution in [0.15, 0.2) is 36.6 Å². The van der Waals surface area contributed by atoms with Crippen molar-refractivity contribution in [3.05, 3.63) is 36.6 Å². The van der Waals surface area contributed by atoms with Crippen LogP contribution in [-0.2, 0) is 4.79 Å². The second-order valence-electron chi connectivity index (χ2n) is 2.87. The molecule has 0 unspecified atom stereocenters. The average Bonchev–Trinajstić information content (AvgIpc) is 2.00. The van der Waals surface area contributed by atoms with E-state index in [4.69, 9.17) is 0 Å². The third-order valence-corrected chi connectivity index (χ3v) is 1.57. The molecule has 0 aromatic carbocycles. The molecular formula is C10H15NO. The minimum atomic E-state index is -0.122. The van der Waals surface area contributed by atoms with E-state index in [1.54, 1.807) is 14.0 Å². The standard InChI is InChI=1S/C10H15NO/c1-7(2)9(5)11(6)10(12)8(3)4/h1,3,5H2,2,4,6H3. The monoisotopic (exact) mass is 165 g/mol. The van der Waals surface area contributed by atoms with Crippen LogP contribution < -0.4 is 0 Å². The molecule has 0 N–H and O–H groups in total. The Balaban J connectivity index is 4.51. The summed E-state index contributed by atoms with van der Waals surface area (Å²) in [5, 5.41) is 0. The summed E-state index contributed by atoms with van der Waals surface area (Å²) >= 11 is 0. The number of allylic oxidation sites excluding steroid dienone is 1. The maximum Gasteiger partial charge on any atom is 0.253 e. The van der Waals surface area contributed by atoms with Gasteiger partial charge in [0.05, 0.1) is 0 Å². The van der Waals surface area contributed by atoms with Crippen LogP contribution in [0.2, 0.25) is 0 Å². The van der Waals surface area contributed by atoms with E-state index in [1.165, 1.54) is 4.90 Å². The zero-order chi connectivity index (χ0) is 9.89. The van der Waals surface area contributed by atoms with Crippen molar-refractivity contribution in [2.75, 3.05) is 7.05 Å². The van der Waals surface area contributed by atoms with Crippen molar-refractivity contribution in [3.63, 3.8) is 0 Å². The molecule has 0 heterocycles. The second-order valence-corrected chi connectivity index (χ2v) is 2.87. The quantitative estimate of drug-likeness (QED) is 0.463. The van der Waals surface area contributed by atoms with Gasteiger partial charge in [0.1, 0.15) is 0 Å². The number of nitrogens with zero attached hydrogens (tertiary/aromatic N) is 1. The number of carbonyl (C=O) groups excluding carboxylic acids is 1. The first-order chi connectivity index (χ1) is 5.37. The van der Waals surface area contributed by atoms with Crippen molar-refractivity contribution < 1.29 is 4.79 Å². The van der Waals surface area contributed by atoms with Gasteiger partial charge in [-0.25, -0.2) is 0 Å². The Bertz CT molecular complexity index is 225. The summed E-state index contributed by atoms with van der Waals surface area (Å²) in [6.07, 6.45) is 0. The largest absolute Gasteiger partial charge is 0.312 e. The Hall–Kier alpha value is -1.31. The van der Waals surface area contributed by atoms with E-state index in [2.05, 4.69) is 19.7 Å².